The fourth-order valence-electron chi connectivity index (χ4n) is 4.67. The predicted octanol–water partition coefficient (Wildman–Crippen LogP) is 4.25. The zero-order valence-electron chi connectivity index (χ0n) is 18.8. The standard InChI is InChI=1S/C24H33N5O2/c1-16-12-21(31-28-16)20-15-26-24(29(2)3)27-23(20)19-10-8-18(9-11-19)14-25-22(30)13-17-6-4-5-7-17/h4,6,12,15,17-19H,5,7-11,13-14H2,1-3H3,(H,25,30). The lowest BCUT2D eigenvalue weighted by molar-refractivity contribution is -0.121. The lowest BCUT2D eigenvalue weighted by atomic mass is 9.79. The second-order valence-electron chi connectivity index (χ2n) is 9.19. The SMILES string of the molecule is Cc1cc(-c2cnc(N(C)C)nc2C2CCC(CNC(=O)CC3C=CCC3)CC2)on1. The molecule has 2 aromatic rings. The first kappa shape index (κ1) is 21.5. The first-order chi connectivity index (χ1) is 15.0. The molecule has 0 radical (unpaired) electrons. The van der Waals surface area contributed by atoms with Gasteiger partial charge in [0.2, 0.25) is 11.9 Å². The molecule has 7 heteroatoms. The van der Waals surface area contributed by atoms with Crippen molar-refractivity contribution in [2.75, 3.05) is 25.5 Å². The first-order valence-electron chi connectivity index (χ1n) is 11.4. The number of hydrogen-bond donors (Lipinski definition) is 1. The largest absolute Gasteiger partial charge is 0.356 e. The van der Waals surface area contributed by atoms with Crippen LogP contribution in [0.4, 0.5) is 5.95 Å². The Bertz CT molecular complexity index is 928. The smallest absolute Gasteiger partial charge is 0.225 e. The molecule has 1 N–H and O–H groups in total. The number of hydrogen-bond acceptors (Lipinski definition) is 6. The van der Waals surface area contributed by atoms with Crippen LogP contribution >= 0.6 is 0 Å². The fourth-order valence-corrected chi connectivity index (χ4v) is 4.67. The minimum Gasteiger partial charge on any atom is -0.356 e. The van der Waals surface area contributed by atoms with Gasteiger partial charge in [-0.3, -0.25) is 4.79 Å². The van der Waals surface area contributed by atoms with Crippen molar-refractivity contribution in [3.8, 4) is 11.3 Å². The Hall–Kier alpha value is -2.70. The highest BCUT2D eigenvalue weighted by atomic mass is 16.5. The molecule has 2 aliphatic rings. The third-order valence-corrected chi connectivity index (χ3v) is 6.48. The Balaban J connectivity index is 1.38. The van der Waals surface area contributed by atoms with E-state index in [0.717, 1.165) is 67.8 Å². The normalized spacial score (nSPS) is 23.1. The second kappa shape index (κ2) is 9.62. The highest BCUT2D eigenvalue weighted by Crippen LogP contribution is 2.39. The molecule has 1 fully saturated rings. The molecule has 2 aromatic heterocycles. The Morgan fingerprint density at radius 2 is 2.03 bits per heavy atom. The second-order valence-corrected chi connectivity index (χ2v) is 9.19. The maximum atomic E-state index is 12.2. The summed E-state index contributed by atoms with van der Waals surface area (Å²) < 4.78 is 5.53. The van der Waals surface area contributed by atoms with Gasteiger partial charge in [-0.1, -0.05) is 17.3 Å². The van der Waals surface area contributed by atoms with Crippen molar-refractivity contribution in [1.82, 2.24) is 20.4 Å². The van der Waals surface area contributed by atoms with E-state index in [1.807, 2.05) is 38.2 Å². The van der Waals surface area contributed by atoms with Gasteiger partial charge < -0.3 is 14.7 Å². The number of aromatic nitrogens is 3. The Labute approximate surface area is 184 Å². The van der Waals surface area contributed by atoms with Crippen LogP contribution < -0.4 is 10.2 Å². The van der Waals surface area contributed by atoms with Crippen LogP contribution in [0.5, 0.6) is 0 Å². The number of amides is 1. The predicted molar refractivity (Wildman–Crippen MR) is 121 cm³/mol. The molecule has 4 rings (SSSR count). The van der Waals surface area contributed by atoms with Gasteiger partial charge in [0.05, 0.1) is 17.0 Å². The Morgan fingerprint density at radius 3 is 2.68 bits per heavy atom. The topological polar surface area (TPSA) is 84.2 Å². The van der Waals surface area contributed by atoms with Crippen LogP contribution in [0, 0.1) is 18.8 Å². The average molecular weight is 424 g/mol. The van der Waals surface area contributed by atoms with Gasteiger partial charge in [0.15, 0.2) is 5.76 Å². The molecule has 2 heterocycles. The molecule has 1 atom stereocenters. The minimum absolute atomic E-state index is 0.188. The highest BCUT2D eigenvalue weighted by molar-refractivity contribution is 5.76. The number of anilines is 1. The number of nitrogens with one attached hydrogen (secondary N) is 1. The molecule has 31 heavy (non-hydrogen) atoms. The van der Waals surface area contributed by atoms with Gasteiger partial charge >= 0.3 is 0 Å². The van der Waals surface area contributed by atoms with Crippen LogP contribution in [-0.2, 0) is 4.79 Å². The van der Waals surface area contributed by atoms with Crippen molar-refractivity contribution in [3.63, 3.8) is 0 Å². The highest BCUT2D eigenvalue weighted by Gasteiger charge is 2.28. The number of carbonyl (C=O) groups excluding carboxylic acids is 1. The van der Waals surface area contributed by atoms with Gasteiger partial charge in [0, 0.05) is 45.2 Å². The van der Waals surface area contributed by atoms with E-state index >= 15 is 0 Å². The van der Waals surface area contributed by atoms with Gasteiger partial charge in [-0.25, -0.2) is 9.97 Å². The third-order valence-electron chi connectivity index (χ3n) is 6.48. The van der Waals surface area contributed by atoms with Gasteiger partial charge in [-0.2, -0.15) is 0 Å². The number of rotatable bonds is 7. The van der Waals surface area contributed by atoms with Gasteiger partial charge in [-0.15, -0.1) is 0 Å². The average Bonchev–Trinajstić information content (AvgIpc) is 3.44. The summed E-state index contributed by atoms with van der Waals surface area (Å²) in [6.07, 6.45) is 13.3. The van der Waals surface area contributed by atoms with Crippen molar-refractivity contribution in [2.45, 2.75) is 57.8 Å². The molecular formula is C24H33N5O2. The summed E-state index contributed by atoms with van der Waals surface area (Å²) in [5.74, 6) is 2.95. The van der Waals surface area contributed by atoms with Crippen molar-refractivity contribution < 1.29 is 9.32 Å². The van der Waals surface area contributed by atoms with E-state index in [2.05, 4.69) is 27.6 Å². The van der Waals surface area contributed by atoms with E-state index in [1.165, 1.54) is 0 Å². The fraction of sp³-hybridized carbons (Fsp3) is 0.583. The van der Waals surface area contributed by atoms with Crippen molar-refractivity contribution >= 4 is 11.9 Å². The summed E-state index contributed by atoms with van der Waals surface area (Å²) in [6, 6.07) is 1.94. The molecule has 2 aliphatic carbocycles. The van der Waals surface area contributed by atoms with Crippen molar-refractivity contribution in [1.29, 1.82) is 0 Å². The quantitative estimate of drug-likeness (QED) is 0.670. The molecule has 166 valence electrons. The first-order valence-corrected chi connectivity index (χ1v) is 11.4. The summed E-state index contributed by atoms with van der Waals surface area (Å²) >= 11 is 0. The minimum atomic E-state index is 0.188. The molecule has 7 nitrogen and oxygen atoms in total. The molecule has 0 bridgehead atoms. The third kappa shape index (κ3) is 5.32. The molecule has 0 saturated heterocycles. The van der Waals surface area contributed by atoms with E-state index in [4.69, 9.17) is 9.51 Å². The van der Waals surface area contributed by atoms with Crippen LogP contribution in [0.25, 0.3) is 11.3 Å². The maximum Gasteiger partial charge on any atom is 0.225 e. The number of aryl methyl sites for hydroxylation is 1. The zero-order chi connectivity index (χ0) is 21.8. The summed E-state index contributed by atoms with van der Waals surface area (Å²) in [7, 11) is 3.91. The van der Waals surface area contributed by atoms with Crippen LogP contribution in [0.2, 0.25) is 0 Å². The summed E-state index contributed by atoms with van der Waals surface area (Å²) in [4.78, 5) is 23.6. The van der Waals surface area contributed by atoms with E-state index in [9.17, 15) is 4.79 Å². The van der Waals surface area contributed by atoms with Crippen LogP contribution in [0.3, 0.4) is 0 Å². The van der Waals surface area contributed by atoms with E-state index < -0.39 is 0 Å². The summed E-state index contributed by atoms with van der Waals surface area (Å²) in [6.45, 7) is 2.70. The lowest BCUT2D eigenvalue weighted by Gasteiger charge is -2.29. The molecule has 0 spiro atoms. The summed E-state index contributed by atoms with van der Waals surface area (Å²) in [5, 5.41) is 7.21. The molecule has 1 saturated carbocycles. The van der Waals surface area contributed by atoms with Crippen LogP contribution in [-0.4, -0.2) is 41.7 Å². The molecule has 0 aliphatic heterocycles. The summed E-state index contributed by atoms with van der Waals surface area (Å²) in [5.41, 5.74) is 2.84. The van der Waals surface area contributed by atoms with Gasteiger partial charge in [0.1, 0.15) is 0 Å². The van der Waals surface area contributed by atoms with E-state index in [0.29, 0.717) is 30.1 Å². The zero-order valence-corrected chi connectivity index (χ0v) is 18.8. The Kier molecular flexibility index (Phi) is 6.68. The molecular weight excluding hydrogens is 390 g/mol. The monoisotopic (exact) mass is 423 g/mol. The number of nitrogens with zero attached hydrogens (tertiary/aromatic N) is 4. The van der Waals surface area contributed by atoms with Gasteiger partial charge in [0.25, 0.3) is 0 Å². The molecule has 1 unspecified atom stereocenters. The van der Waals surface area contributed by atoms with E-state index in [-0.39, 0.29) is 5.91 Å². The van der Waals surface area contributed by atoms with Gasteiger partial charge in [-0.05, 0) is 57.3 Å². The number of allylic oxidation sites excluding steroid dienone is 2. The molecule has 1 amide bonds. The van der Waals surface area contributed by atoms with Crippen molar-refractivity contribution in [2.24, 2.45) is 11.8 Å². The van der Waals surface area contributed by atoms with Crippen molar-refractivity contribution in [3.05, 3.63) is 35.8 Å². The van der Waals surface area contributed by atoms with E-state index in [1.54, 1.807) is 0 Å². The lowest BCUT2D eigenvalue weighted by Crippen LogP contribution is -2.32. The molecule has 0 aromatic carbocycles. The Morgan fingerprint density at radius 1 is 1.23 bits per heavy atom. The maximum absolute atomic E-state index is 12.2. The van der Waals surface area contributed by atoms with Crippen LogP contribution in [0.15, 0.2) is 28.9 Å². The number of carbonyl (C=O) groups is 1. The van der Waals surface area contributed by atoms with Crippen LogP contribution in [0.1, 0.15) is 62.3 Å².